The third kappa shape index (κ3) is 2.99. The van der Waals surface area contributed by atoms with Crippen molar-refractivity contribution >= 4 is 22.5 Å². The molecule has 0 radical (unpaired) electrons. The molecule has 2 aromatic carbocycles. The van der Waals surface area contributed by atoms with Crippen LogP contribution in [0.4, 0.5) is 5.69 Å². The average Bonchev–Trinajstić information content (AvgIpc) is 3.42. The van der Waals surface area contributed by atoms with Crippen LogP contribution in [0.5, 0.6) is 0 Å². The van der Waals surface area contributed by atoms with Crippen LogP contribution >= 0.6 is 0 Å². The van der Waals surface area contributed by atoms with Crippen molar-refractivity contribution in [3.8, 4) is 0 Å². The first kappa shape index (κ1) is 16.4. The number of nitrogens with one attached hydrogen (secondary N) is 1. The van der Waals surface area contributed by atoms with E-state index in [9.17, 15) is 4.79 Å². The summed E-state index contributed by atoms with van der Waals surface area (Å²) in [6.07, 6.45) is 7.16. The first-order valence-electron chi connectivity index (χ1n) is 9.81. The Balaban J connectivity index is 1.26. The van der Waals surface area contributed by atoms with Crippen molar-refractivity contribution in [1.82, 2.24) is 9.97 Å². The second kappa shape index (κ2) is 6.45. The largest absolute Gasteiger partial charge is 0.326 e. The van der Waals surface area contributed by atoms with Gasteiger partial charge in [-0.15, -0.1) is 0 Å². The smallest absolute Gasteiger partial charge is 0.228 e. The Bertz CT molecular complexity index is 972. The summed E-state index contributed by atoms with van der Waals surface area (Å²) in [5.74, 6) is 0.829. The quantitative estimate of drug-likeness (QED) is 0.723. The van der Waals surface area contributed by atoms with E-state index < -0.39 is 0 Å². The number of amides is 1. The van der Waals surface area contributed by atoms with E-state index in [4.69, 9.17) is 0 Å². The third-order valence-corrected chi connectivity index (χ3v) is 6.49. The number of para-hydroxylation sites is 2. The number of fused-ring (bicyclic) bond motifs is 1. The monoisotopic (exact) mass is 357 g/mol. The van der Waals surface area contributed by atoms with E-state index in [1.165, 1.54) is 11.1 Å². The highest BCUT2D eigenvalue weighted by molar-refractivity contribution is 5.95. The van der Waals surface area contributed by atoms with Crippen LogP contribution in [-0.4, -0.2) is 15.9 Å². The molecule has 0 bridgehead atoms. The summed E-state index contributed by atoms with van der Waals surface area (Å²) in [4.78, 5) is 21.6. The summed E-state index contributed by atoms with van der Waals surface area (Å²) < 4.78 is 0. The molecule has 4 heteroatoms. The fourth-order valence-electron chi connectivity index (χ4n) is 4.84. The minimum Gasteiger partial charge on any atom is -0.326 e. The Morgan fingerprint density at radius 3 is 2.52 bits per heavy atom. The molecule has 1 atom stereocenters. The van der Waals surface area contributed by atoms with Gasteiger partial charge in [-0.05, 0) is 55.7 Å². The normalized spacial score (nSPS) is 26.8. The second-order valence-electron chi connectivity index (χ2n) is 8.02. The van der Waals surface area contributed by atoms with Crippen LogP contribution in [0, 0.1) is 11.3 Å². The number of carbonyl (C=O) groups excluding carboxylic acids is 1. The van der Waals surface area contributed by atoms with Crippen LogP contribution in [0.15, 0.2) is 60.9 Å². The molecule has 136 valence electrons. The molecule has 4 nitrogen and oxygen atoms in total. The van der Waals surface area contributed by atoms with E-state index in [0.29, 0.717) is 5.92 Å². The van der Waals surface area contributed by atoms with Crippen LogP contribution in [0.2, 0.25) is 0 Å². The topological polar surface area (TPSA) is 54.9 Å². The van der Waals surface area contributed by atoms with Crippen molar-refractivity contribution in [3.63, 3.8) is 0 Å². The van der Waals surface area contributed by atoms with Crippen LogP contribution in [-0.2, 0) is 4.79 Å². The highest BCUT2D eigenvalue weighted by atomic mass is 16.2. The van der Waals surface area contributed by atoms with Gasteiger partial charge in [0.2, 0.25) is 5.91 Å². The lowest BCUT2D eigenvalue weighted by atomic mass is 9.76. The van der Waals surface area contributed by atoms with Gasteiger partial charge in [-0.3, -0.25) is 4.79 Å². The number of carbonyl (C=O) groups is 1. The number of benzene rings is 2. The Morgan fingerprint density at radius 1 is 0.963 bits per heavy atom. The number of rotatable bonds is 3. The van der Waals surface area contributed by atoms with Crippen LogP contribution < -0.4 is 5.32 Å². The van der Waals surface area contributed by atoms with E-state index in [2.05, 4.69) is 33.5 Å². The van der Waals surface area contributed by atoms with Gasteiger partial charge in [0, 0.05) is 22.9 Å². The van der Waals surface area contributed by atoms with Crippen LogP contribution in [0.1, 0.15) is 43.7 Å². The number of aromatic nitrogens is 2. The summed E-state index contributed by atoms with van der Waals surface area (Å²) in [5, 5.41) is 4.26. The molecular formula is C23H23N3O. The maximum absolute atomic E-state index is 12.6. The molecule has 1 N–H and O–H groups in total. The molecule has 0 unspecified atom stereocenters. The van der Waals surface area contributed by atoms with Gasteiger partial charge in [-0.2, -0.15) is 0 Å². The Morgan fingerprint density at radius 2 is 1.70 bits per heavy atom. The van der Waals surface area contributed by atoms with E-state index in [1.54, 1.807) is 6.33 Å². The number of anilines is 1. The van der Waals surface area contributed by atoms with E-state index in [-0.39, 0.29) is 17.2 Å². The number of hydrogen-bond acceptors (Lipinski definition) is 3. The van der Waals surface area contributed by atoms with Crippen LogP contribution in [0.25, 0.3) is 10.9 Å². The molecule has 1 amide bonds. The van der Waals surface area contributed by atoms with Gasteiger partial charge in [0.1, 0.15) is 6.33 Å². The zero-order valence-electron chi connectivity index (χ0n) is 15.3. The van der Waals surface area contributed by atoms with Gasteiger partial charge in [0.15, 0.2) is 0 Å². The molecular weight excluding hydrogens is 334 g/mol. The second-order valence-corrected chi connectivity index (χ2v) is 8.02. The predicted octanol–water partition coefficient (Wildman–Crippen LogP) is 4.93. The van der Waals surface area contributed by atoms with Crippen molar-refractivity contribution in [2.75, 3.05) is 5.32 Å². The van der Waals surface area contributed by atoms with E-state index in [0.717, 1.165) is 43.3 Å². The Hall–Kier alpha value is -2.75. The SMILES string of the molecule is O=C(Nc1ccccc1)[C@H]1CC12CCC(c1ncnc3ccccc13)CC2. The van der Waals surface area contributed by atoms with Gasteiger partial charge >= 0.3 is 0 Å². The van der Waals surface area contributed by atoms with Gasteiger partial charge < -0.3 is 5.32 Å². The van der Waals surface area contributed by atoms with Gasteiger partial charge in [-0.25, -0.2) is 9.97 Å². The van der Waals surface area contributed by atoms with Gasteiger partial charge in [0.25, 0.3) is 0 Å². The van der Waals surface area contributed by atoms with Crippen molar-refractivity contribution in [2.24, 2.45) is 11.3 Å². The zero-order chi connectivity index (χ0) is 18.3. The van der Waals surface area contributed by atoms with Crippen molar-refractivity contribution in [2.45, 2.75) is 38.0 Å². The molecule has 1 aromatic heterocycles. The average molecular weight is 357 g/mol. The lowest BCUT2D eigenvalue weighted by Gasteiger charge is -2.29. The molecule has 1 spiro atoms. The third-order valence-electron chi connectivity index (χ3n) is 6.49. The standard InChI is InChI=1S/C23H23N3O/c27-22(26-17-6-2-1-3-7-17)19-14-23(19)12-10-16(11-13-23)21-18-8-4-5-9-20(18)24-15-25-21/h1-9,15-16,19H,10-14H2,(H,26,27)/t16?,19-,23?/m1/s1. The lowest BCUT2D eigenvalue weighted by Crippen LogP contribution is -2.22. The summed E-state index contributed by atoms with van der Waals surface area (Å²) >= 11 is 0. The molecule has 2 saturated carbocycles. The highest BCUT2D eigenvalue weighted by Gasteiger charge is 2.58. The molecule has 2 fully saturated rings. The first-order valence-corrected chi connectivity index (χ1v) is 9.81. The zero-order valence-corrected chi connectivity index (χ0v) is 15.3. The Labute approximate surface area is 159 Å². The summed E-state index contributed by atoms with van der Waals surface area (Å²) in [7, 11) is 0. The molecule has 1 heterocycles. The fraction of sp³-hybridized carbons (Fsp3) is 0.348. The highest BCUT2D eigenvalue weighted by Crippen LogP contribution is 2.63. The number of nitrogens with zero attached hydrogens (tertiary/aromatic N) is 2. The molecule has 2 aliphatic rings. The minimum atomic E-state index is 0.167. The maximum Gasteiger partial charge on any atom is 0.228 e. The van der Waals surface area contributed by atoms with Gasteiger partial charge in [0.05, 0.1) is 11.2 Å². The summed E-state index contributed by atoms with van der Waals surface area (Å²) in [5.41, 5.74) is 3.32. The van der Waals surface area contributed by atoms with E-state index in [1.807, 2.05) is 36.4 Å². The fourth-order valence-corrected chi connectivity index (χ4v) is 4.84. The molecule has 3 aromatic rings. The molecule has 27 heavy (non-hydrogen) atoms. The molecule has 5 rings (SSSR count). The van der Waals surface area contributed by atoms with Gasteiger partial charge in [-0.1, -0.05) is 36.4 Å². The first-order chi connectivity index (χ1) is 13.3. The Kier molecular flexibility index (Phi) is 3.92. The minimum absolute atomic E-state index is 0.167. The van der Waals surface area contributed by atoms with Crippen molar-refractivity contribution in [3.05, 3.63) is 66.6 Å². The van der Waals surface area contributed by atoms with E-state index >= 15 is 0 Å². The number of hydrogen-bond donors (Lipinski definition) is 1. The van der Waals surface area contributed by atoms with Crippen molar-refractivity contribution in [1.29, 1.82) is 0 Å². The van der Waals surface area contributed by atoms with Crippen LogP contribution in [0.3, 0.4) is 0 Å². The maximum atomic E-state index is 12.6. The lowest BCUT2D eigenvalue weighted by molar-refractivity contribution is -0.118. The molecule has 0 saturated heterocycles. The van der Waals surface area contributed by atoms with Crippen molar-refractivity contribution < 1.29 is 4.79 Å². The summed E-state index contributed by atoms with van der Waals surface area (Å²) in [6.45, 7) is 0. The summed E-state index contributed by atoms with van der Waals surface area (Å²) in [6, 6.07) is 18.0. The predicted molar refractivity (Wildman–Crippen MR) is 106 cm³/mol. The molecule has 0 aliphatic heterocycles. The molecule has 2 aliphatic carbocycles.